The molecule has 0 saturated carbocycles. The molecular formula is C29H33NO2. The predicted octanol–water partition coefficient (Wildman–Crippen LogP) is 6.03. The van der Waals surface area contributed by atoms with Crippen molar-refractivity contribution in [1.82, 2.24) is 4.90 Å². The van der Waals surface area contributed by atoms with Crippen molar-refractivity contribution in [2.24, 2.45) is 0 Å². The topological polar surface area (TPSA) is 21.7 Å². The molecule has 1 fully saturated rings. The number of hydrogen-bond acceptors (Lipinski definition) is 3. The van der Waals surface area contributed by atoms with E-state index in [1.54, 1.807) is 7.11 Å². The van der Waals surface area contributed by atoms with E-state index in [9.17, 15) is 0 Å². The number of rotatable bonds is 7. The van der Waals surface area contributed by atoms with Crippen LogP contribution in [0.25, 0.3) is 0 Å². The Morgan fingerprint density at radius 1 is 0.844 bits per heavy atom. The molecule has 1 heterocycles. The van der Waals surface area contributed by atoms with Crippen LogP contribution in [-0.2, 0) is 6.42 Å². The molecule has 0 aromatic heterocycles. The molecule has 0 bridgehead atoms. The van der Waals surface area contributed by atoms with Crippen LogP contribution in [-0.4, -0.2) is 38.3 Å². The van der Waals surface area contributed by atoms with Gasteiger partial charge in [-0.3, -0.25) is 4.90 Å². The molecule has 3 heteroatoms. The fourth-order valence-corrected chi connectivity index (χ4v) is 5.36. The molecule has 0 spiro atoms. The lowest BCUT2D eigenvalue weighted by Gasteiger charge is -2.33. The minimum atomic E-state index is 0.359. The molecule has 1 aliphatic heterocycles. The van der Waals surface area contributed by atoms with Crippen LogP contribution in [0.15, 0.2) is 72.8 Å². The van der Waals surface area contributed by atoms with E-state index < -0.39 is 0 Å². The third-order valence-electron chi connectivity index (χ3n) is 7.14. The highest BCUT2D eigenvalue weighted by molar-refractivity contribution is 5.47. The highest BCUT2D eigenvalue weighted by Gasteiger charge is 2.29. The van der Waals surface area contributed by atoms with Crippen LogP contribution in [0.5, 0.6) is 11.5 Å². The quantitative estimate of drug-likeness (QED) is 0.459. The van der Waals surface area contributed by atoms with Crippen LogP contribution < -0.4 is 9.47 Å². The molecule has 0 N–H and O–H groups in total. The maximum absolute atomic E-state index is 6.05. The lowest BCUT2D eigenvalue weighted by atomic mass is 9.72. The summed E-state index contributed by atoms with van der Waals surface area (Å²) in [6.45, 7) is 4.22. The number of methoxy groups -OCH3 is 1. The van der Waals surface area contributed by atoms with Gasteiger partial charge in [0.05, 0.1) is 7.11 Å². The fraction of sp³-hybridized carbons (Fsp3) is 0.379. The van der Waals surface area contributed by atoms with Crippen LogP contribution in [0.4, 0.5) is 0 Å². The zero-order chi connectivity index (χ0) is 21.8. The summed E-state index contributed by atoms with van der Waals surface area (Å²) in [5.74, 6) is 2.79. The average Bonchev–Trinajstić information content (AvgIpc) is 3.38. The normalized spacial score (nSPS) is 20.7. The second kappa shape index (κ2) is 9.79. The molecule has 3 nitrogen and oxygen atoms in total. The summed E-state index contributed by atoms with van der Waals surface area (Å²) in [7, 11) is 1.75. The van der Waals surface area contributed by atoms with Crippen LogP contribution in [0.3, 0.4) is 0 Å². The Kier molecular flexibility index (Phi) is 6.45. The van der Waals surface area contributed by atoms with Crippen molar-refractivity contribution in [1.29, 1.82) is 0 Å². The van der Waals surface area contributed by atoms with E-state index in [2.05, 4.69) is 77.7 Å². The minimum Gasteiger partial charge on any atom is -0.497 e. The van der Waals surface area contributed by atoms with Gasteiger partial charge in [0.15, 0.2) is 0 Å². The summed E-state index contributed by atoms with van der Waals surface area (Å²) in [6, 6.07) is 26.3. The number of ether oxygens (including phenoxy) is 2. The van der Waals surface area contributed by atoms with Gasteiger partial charge < -0.3 is 9.47 Å². The van der Waals surface area contributed by atoms with Crippen molar-refractivity contribution in [3.05, 3.63) is 95.1 Å². The van der Waals surface area contributed by atoms with Gasteiger partial charge in [0.2, 0.25) is 0 Å². The molecular weight excluding hydrogens is 394 g/mol. The Hall–Kier alpha value is -2.78. The van der Waals surface area contributed by atoms with Gasteiger partial charge in [-0.1, -0.05) is 48.5 Å². The molecule has 2 aliphatic rings. The van der Waals surface area contributed by atoms with Crippen molar-refractivity contribution in [3.63, 3.8) is 0 Å². The van der Waals surface area contributed by atoms with Crippen LogP contribution >= 0.6 is 0 Å². The minimum absolute atomic E-state index is 0.359. The largest absolute Gasteiger partial charge is 0.497 e. The molecule has 32 heavy (non-hydrogen) atoms. The van der Waals surface area contributed by atoms with Crippen molar-refractivity contribution < 1.29 is 9.47 Å². The van der Waals surface area contributed by atoms with Crippen molar-refractivity contribution in [2.45, 2.75) is 37.5 Å². The van der Waals surface area contributed by atoms with Crippen LogP contribution in [0.1, 0.15) is 53.4 Å². The van der Waals surface area contributed by atoms with E-state index in [1.807, 2.05) is 0 Å². The molecule has 3 aromatic carbocycles. The Morgan fingerprint density at radius 2 is 1.59 bits per heavy atom. The van der Waals surface area contributed by atoms with E-state index in [4.69, 9.17) is 9.47 Å². The van der Waals surface area contributed by atoms with Crippen molar-refractivity contribution in [3.8, 4) is 11.5 Å². The Morgan fingerprint density at radius 3 is 2.34 bits per heavy atom. The number of fused-ring (bicyclic) bond motifs is 1. The van der Waals surface area contributed by atoms with Gasteiger partial charge in [0.25, 0.3) is 0 Å². The zero-order valence-corrected chi connectivity index (χ0v) is 19.0. The summed E-state index contributed by atoms with van der Waals surface area (Å²) in [5.41, 5.74) is 5.62. The molecule has 1 saturated heterocycles. The number of likely N-dealkylation sites (tertiary alicyclic amines) is 1. The van der Waals surface area contributed by atoms with Gasteiger partial charge in [-0.2, -0.15) is 0 Å². The molecule has 5 rings (SSSR count). The SMILES string of the molecule is COc1ccc2c(c1)C(c1ccc(OCCN3CCCC3)cc1)CC(c1ccccc1)C2. The van der Waals surface area contributed by atoms with Gasteiger partial charge in [0, 0.05) is 12.5 Å². The highest BCUT2D eigenvalue weighted by atomic mass is 16.5. The third kappa shape index (κ3) is 4.68. The lowest BCUT2D eigenvalue weighted by Crippen LogP contribution is -2.25. The Bertz CT molecular complexity index is 1010. The summed E-state index contributed by atoms with van der Waals surface area (Å²) in [4.78, 5) is 2.49. The summed E-state index contributed by atoms with van der Waals surface area (Å²) in [5, 5.41) is 0. The zero-order valence-electron chi connectivity index (χ0n) is 19.0. The molecule has 0 radical (unpaired) electrons. The van der Waals surface area contributed by atoms with Gasteiger partial charge in [-0.25, -0.2) is 0 Å². The first-order valence-corrected chi connectivity index (χ1v) is 12.0. The van der Waals surface area contributed by atoms with E-state index in [0.29, 0.717) is 11.8 Å². The summed E-state index contributed by atoms with van der Waals surface area (Å²) in [6.07, 6.45) is 4.84. The summed E-state index contributed by atoms with van der Waals surface area (Å²) < 4.78 is 11.6. The van der Waals surface area contributed by atoms with E-state index in [-0.39, 0.29) is 0 Å². The monoisotopic (exact) mass is 427 g/mol. The average molecular weight is 428 g/mol. The van der Waals surface area contributed by atoms with Crippen molar-refractivity contribution >= 4 is 0 Å². The Labute approximate surface area is 192 Å². The van der Waals surface area contributed by atoms with Gasteiger partial charge in [0.1, 0.15) is 18.1 Å². The standard InChI is InChI=1S/C29H33NO2/c1-31-27-14-11-24-19-25(22-7-3-2-4-8-22)20-28(29(24)21-27)23-9-12-26(13-10-23)32-18-17-30-15-5-6-16-30/h2-4,7-14,21,25,28H,5-6,15-20H2,1H3. The smallest absolute Gasteiger partial charge is 0.119 e. The summed E-state index contributed by atoms with van der Waals surface area (Å²) >= 11 is 0. The number of nitrogens with zero attached hydrogens (tertiary/aromatic N) is 1. The third-order valence-corrected chi connectivity index (χ3v) is 7.14. The van der Waals surface area contributed by atoms with E-state index in [0.717, 1.165) is 37.5 Å². The van der Waals surface area contributed by atoms with Crippen LogP contribution in [0, 0.1) is 0 Å². The first-order valence-electron chi connectivity index (χ1n) is 12.0. The molecule has 0 amide bonds. The first kappa shape index (κ1) is 21.1. The van der Waals surface area contributed by atoms with E-state index >= 15 is 0 Å². The molecule has 2 atom stereocenters. The first-order chi connectivity index (χ1) is 15.8. The van der Waals surface area contributed by atoms with Crippen molar-refractivity contribution in [2.75, 3.05) is 33.4 Å². The highest BCUT2D eigenvalue weighted by Crippen LogP contribution is 2.44. The molecule has 1 aliphatic carbocycles. The van der Waals surface area contributed by atoms with E-state index in [1.165, 1.54) is 48.2 Å². The molecule has 3 aromatic rings. The van der Waals surface area contributed by atoms with Gasteiger partial charge in [-0.15, -0.1) is 0 Å². The van der Waals surface area contributed by atoms with Gasteiger partial charge >= 0.3 is 0 Å². The predicted molar refractivity (Wildman–Crippen MR) is 130 cm³/mol. The van der Waals surface area contributed by atoms with Gasteiger partial charge in [-0.05, 0) is 91.2 Å². The number of benzene rings is 3. The molecule has 2 unspecified atom stereocenters. The second-order valence-corrected chi connectivity index (χ2v) is 9.13. The Balaban J connectivity index is 1.35. The maximum atomic E-state index is 6.05. The molecule has 166 valence electrons. The number of hydrogen-bond donors (Lipinski definition) is 0. The van der Waals surface area contributed by atoms with Crippen LogP contribution in [0.2, 0.25) is 0 Å². The second-order valence-electron chi connectivity index (χ2n) is 9.13. The fourth-order valence-electron chi connectivity index (χ4n) is 5.36. The maximum Gasteiger partial charge on any atom is 0.119 e. The lowest BCUT2D eigenvalue weighted by molar-refractivity contribution is 0.237.